The molecular weight excluding hydrogens is 1220 g/mol. The Bertz CT molecular complexity index is 1840. The van der Waals surface area contributed by atoms with Crippen molar-refractivity contribution in [2.75, 3.05) is 13.2 Å². The van der Waals surface area contributed by atoms with Crippen LogP contribution in [0.2, 0.25) is 168 Å². The summed E-state index contributed by atoms with van der Waals surface area (Å²) >= 11 is 0. The van der Waals surface area contributed by atoms with E-state index in [1.54, 1.807) is 0 Å². The molecule has 0 aromatic heterocycles. The fourth-order valence-electron chi connectivity index (χ4n) is 11.6. The van der Waals surface area contributed by atoms with Crippen LogP contribution in [0.25, 0.3) is 0 Å². The van der Waals surface area contributed by atoms with Crippen LogP contribution in [0, 0.1) is 11.8 Å². The van der Waals surface area contributed by atoms with Crippen molar-refractivity contribution >= 4 is 108 Å². The number of carbonyl (C=O) groups is 4. The van der Waals surface area contributed by atoms with E-state index in [9.17, 15) is 29.4 Å². The highest BCUT2D eigenvalue weighted by Gasteiger charge is 2.46. The SMILES string of the molecule is C[Si](C)(C)O[Si](C)(C)O[Si](C)(CCCCCCCCCCCOC(=O)CC(CCC[Si](C)(C)O[Si](C)(C)CCCC(CC(=O)O)C(=O)OCCCCCCCCCCC[Si](C)(O[Si](C)(C)C)O[Si](C)(C)O[Si](C)(C)C)C(=O)O)O[Si](C)(C)C. The van der Waals surface area contributed by atoms with Crippen molar-refractivity contribution in [2.45, 2.75) is 322 Å². The van der Waals surface area contributed by atoms with Crippen molar-refractivity contribution in [3.05, 3.63) is 0 Å². The lowest BCUT2D eigenvalue weighted by atomic mass is 10.00. The molecule has 0 fully saturated rings. The number of unbranched alkanes of at least 4 members (excludes halogenated alkanes) is 16. The van der Waals surface area contributed by atoms with E-state index in [1.165, 1.54) is 51.4 Å². The first-order chi connectivity index (χ1) is 37.8. The molecule has 0 saturated carbocycles. The third kappa shape index (κ3) is 48.3. The van der Waals surface area contributed by atoms with E-state index in [4.69, 9.17) is 38.3 Å². The van der Waals surface area contributed by atoms with Crippen LogP contribution in [0.3, 0.4) is 0 Å². The molecule has 25 heteroatoms. The molecule has 0 bridgehead atoms. The highest BCUT2D eigenvalue weighted by Crippen LogP contribution is 2.32. The van der Waals surface area contributed by atoms with Crippen LogP contribution in [-0.4, -0.2) is 131 Å². The van der Waals surface area contributed by atoms with Crippen LogP contribution < -0.4 is 0 Å². The molecule has 0 aromatic carbocycles. The molecule has 0 saturated heterocycles. The number of carboxylic acids is 2. The first-order valence-corrected chi connectivity index (χ1v) is 63.0. The van der Waals surface area contributed by atoms with E-state index < -0.39 is 120 Å². The van der Waals surface area contributed by atoms with Gasteiger partial charge >= 0.3 is 58.1 Å². The van der Waals surface area contributed by atoms with E-state index in [1.807, 2.05) is 0 Å². The summed E-state index contributed by atoms with van der Waals surface area (Å²) in [6.07, 6.45) is 21.4. The normalized spacial score (nSPS) is 15.6. The zero-order valence-corrected chi connectivity index (χ0v) is 67.6. The van der Waals surface area contributed by atoms with Gasteiger partial charge in [-0.1, -0.05) is 116 Å². The van der Waals surface area contributed by atoms with Gasteiger partial charge in [0.05, 0.1) is 37.9 Å². The smallest absolute Gasteiger partial charge is 0.315 e. The third-order valence-corrected chi connectivity index (χ3v) is 48.5. The van der Waals surface area contributed by atoms with Crippen molar-refractivity contribution in [1.82, 2.24) is 0 Å². The van der Waals surface area contributed by atoms with E-state index >= 15 is 0 Å². The van der Waals surface area contributed by atoms with Gasteiger partial charge in [0.25, 0.3) is 0 Å². The molecule has 0 aliphatic carbocycles. The van der Waals surface area contributed by atoms with Gasteiger partial charge in [0.2, 0.25) is 0 Å². The van der Waals surface area contributed by atoms with Crippen LogP contribution in [-0.2, 0) is 57.5 Å². The van der Waals surface area contributed by atoms with Gasteiger partial charge in [-0.15, -0.1) is 0 Å². The summed E-state index contributed by atoms with van der Waals surface area (Å²) in [6.45, 7) is 49.3. The fraction of sp³-hybridized carbons (Fsp3) is 0.931. The van der Waals surface area contributed by atoms with Gasteiger partial charge in [0, 0.05) is 0 Å². The number of ether oxygens (including phenoxy) is 2. The summed E-state index contributed by atoms with van der Waals surface area (Å²) < 4.78 is 58.2. The second-order valence-corrected chi connectivity index (χ2v) is 72.1. The summed E-state index contributed by atoms with van der Waals surface area (Å²) in [5.41, 5.74) is 0. The lowest BCUT2D eigenvalue weighted by molar-refractivity contribution is -0.153. The van der Waals surface area contributed by atoms with Crippen molar-refractivity contribution in [1.29, 1.82) is 0 Å². The van der Waals surface area contributed by atoms with Crippen molar-refractivity contribution in [3.63, 3.8) is 0 Å². The zero-order chi connectivity index (χ0) is 64.0. The second kappa shape index (κ2) is 39.1. The van der Waals surface area contributed by atoms with Gasteiger partial charge in [-0.05, 0) is 194 Å². The number of carboxylic acid groups (broad SMARTS) is 2. The number of aliphatic carboxylic acids is 2. The number of hydrogen-bond acceptors (Lipinski definition) is 13. The lowest BCUT2D eigenvalue weighted by Gasteiger charge is -2.41. The molecule has 0 heterocycles. The third-order valence-electron chi connectivity index (χ3n) is 13.9. The first kappa shape index (κ1) is 82.8. The van der Waals surface area contributed by atoms with Crippen LogP contribution in [0.1, 0.15) is 154 Å². The summed E-state index contributed by atoms with van der Waals surface area (Å²) in [5, 5.41) is 19.6. The average molecular weight is 1350 g/mol. The summed E-state index contributed by atoms with van der Waals surface area (Å²) in [5.74, 6) is -4.36. The number of esters is 2. The minimum Gasteiger partial charge on any atom is -0.481 e. The summed E-state index contributed by atoms with van der Waals surface area (Å²) in [4.78, 5) is 49.8. The van der Waals surface area contributed by atoms with Crippen LogP contribution in [0.15, 0.2) is 0 Å². The van der Waals surface area contributed by atoms with E-state index in [-0.39, 0.29) is 12.8 Å². The highest BCUT2D eigenvalue weighted by molar-refractivity contribution is 6.90. The Morgan fingerprint density at radius 3 is 0.964 bits per heavy atom. The predicted molar refractivity (Wildman–Crippen MR) is 368 cm³/mol. The number of hydrogen-bond donors (Lipinski definition) is 2. The van der Waals surface area contributed by atoms with Gasteiger partial charge in [0.1, 0.15) is 0 Å². The molecule has 0 amide bonds. The number of carbonyl (C=O) groups excluding carboxylic acids is 2. The molecule has 83 heavy (non-hydrogen) atoms. The van der Waals surface area contributed by atoms with Crippen LogP contribution >= 0.6 is 0 Å². The maximum atomic E-state index is 13.1. The van der Waals surface area contributed by atoms with Crippen molar-refractivity contribution in [3.8, 4) is 0 Å². The maximum absolute atomic E-state index is 13.1. The summed E-state index contributed by atoms with van der Waals surface area (Å²) in [7, 11) is -20.7. The topological polar surface area (TPSA) is 192 Å². The Labute approximate surface area is 519 Å². The van der Waals surface area contributed by atoms with Crippen LogP contribution in [0.5, 0.6) is 0 Å². The van der Waals surface area contributed by atoms with E-state index in [0.717, 1.165) is 88.4 Å². The molecule has 0 rings (SSSR count). The standard InChI is InChI=1S/C58H130O15Si10/c1-74(2,3)67-80(17,18)72-82(21,69-76(7,8)9)49-39-35-31-27-23-25-29-33-37-45-65-56(61)52-53(57(62)63)43-41-47-78(13,14)71-79(15,16)48-42-44-54(51-55(59)60)58(64)66-46-38-34-30-26-24-28-32-36-40-50-83(22,70-77(10,11)12)73-81(19,20)68-75(4,5)6/h53-54H,23-52H2,1-22H3,(H,59,60)(H,62,63). The van der Waals surface area contributed by atoms with Crippen LogP contribution in [0.4, 0.5) is 0 Å². The first-order valence-electron chi connectivity index (χ1n) is 32.4. The molecule has 2 N–H and O–H groups in total. The Hall–Kier alpha value is -0.231. The molecular formula is C58H130O15Si10. The minimum absolute atomic E-state index is 0.132. The Morgan fingerprint density at radius 2 is 0.639 bits per heavy atom. The average Bonchev–Trinajstić information content (AvgIpc) is 3.25. The maximum Gasteiger partial charge on any atom is 0.315 e. The predicted octanol–water partition coefficient (Wildman–Crippen LogP) is 18.3. The van der Waals surface area contributed by atoms with Gasteiger partial charge in [-0.25, -0.2) is 0 Å². The molecule has 0 spiro atoms. The molecule has 15 nitrogen and oxygen atoms in total. The highest BCUT2D eigenvalue weighted by atomic mass is 28.5. The lowest BCUT2D eigenvalue weighted by Crippen LogP contribution is -2.56. The largest absolute Gasteiger partial charge is 0.481 e. The van der Waals surface area contributed by atoms with Gasteiger partial charge < -0.3 is 48.5 Å². The number of rotatable bonds is 52. The molecule has 0 radical (unpaired) electrons. The van der Waals surface area contributed by atoms with Gasteiger partial charge in [-0.2, -0.15) is 0 Å². The Kier molecular flexibility index (Phi) is 39.0. The quantitative estimate of drug-likeness (QED) is 0.0332. The molecule has 4 unspecified atom stereocenters. The minimum atomic E-state index is -2.36. The molecule has 4 atom stereocenters. The Balaban J connectivity index is 4.56. The molecule has 0 aliphatic rings. The van der Waals surface area contributed by atoms with Crippen molar-refractivity contribution in [2.24, 2.45) is 11.8 Å². The molecule has 0 aliphatic heterocycles. The Morgan fingerprint density at radius 1 is 0.325 bits per heavy atom. The van der Waals surface area contributed by atoms with E-state index in [2.05, 4.69) is 144 Å². The monoisotopic (exact) mass is 1350 g/mol. The molecule has 492 valence electrons. The fourth-order valence-corrected chi connectivity index (χ4v) is 56.6. The zero-order valence-electron chi connectivity index (χ0n) is 57.6. The van der Waals surface area contributed by atoms with Gasteiger partial charge in [0.15, 0.2) is 49.9 Å². The summed E-state index contributed by atoms with van der Waals surface area (Å²) in [6, 6.07) is 3.54. The molecule has 0 aromatic rings. The van der Waals surface area contributed by atoms with Gasteiger partial charge in [-0.3, -0.25) is 19.2 Å². The second-order valence-electron chi connectivity index (χ2n) is 30.3. The van der Waals surface area contributed by atoms with E-state index in [0.29, 0.717) is 38.9 Å². The van der Waals surface area contributed by atoms with Crippen molar-refractivity contribution < 1.29 is 67.7 Å².